The predicted molar refractivity (Wildman–Crippen MR) is 68.4 cm³/mol. The number of nitrogens with one attached hydrogen (secondary N) is 1. The summed E-state index contributed by atoms with van der Waals surface area (Å²) in [6.07, 6.45) is 4.68. The third-order valence-electron chi connectivity index (χ3n) is 3.60. The topological polar surface area (TPSA) is 49.3 Å². The van der Waals surface area contributed by atoms with E-state index in [1.165, 1.54) is 25.0 Å². The molecule has 4 heteroatoms. The monoisotopic (exact) mass is 251 g/mol. The van der Waals surface area contributed by atoms with E-state index in [-0.39, 0.29) is 5.56 Å². The second-order valence-corrected chi connectivity index (χ2v) is 5.10. The fraction of sp³-hybridized carbons (Fsp3) is 0.500. The van der Waals surface area contributed by atoms with E-state index in [0.29, 0.717) is 11.1 Å². The normalized spacial score (nSPS) is 16.3. The van der Waals surface area contributed by atoms with Crippen LogP contribution in [0.1, 0.15) is 43.0 Å². The molecular formula is C14H18FNO2. The van der Waals surface area contributed by atoms with Gasteiger partial charge in [0.05, 0.1) is 5.56 Å². The van der Waals surface area contributed by atoms with Crippen molar-refractivity contribution in [1.82, 2.24) is 0 Å². The first-order valence-electron chi connectivity index (χ1n) is 6.33. The van der Waals surface area contributed by atoms with Gasteiger partial charge < -0.3 is 10.4 Å². The number of carbonyl (C=O) groups is 1. The maximum atomic E-state index is 13.0. The van der Waals surface area contributed by atoms with Gasteiger partial charge in [0.15, 0.2) is 0 Å². The molecule has 0 amide bonds. The van der Waals surface area contributed by atoms with E-state index in [0.717, 1.165) is 25.5 Å². The van der Waals surface area contributed by atoms with Crippen LogP contribution in [-0.2, 0) is 0 Å². The second kappa shape index (κ2) is 4.96. The zero-order chi connectivity index (χ0) is 13.2. The van der Waals surface area contributed by atoms with Crippen molar-refractivity contribution < 1.29 is 14.3 Å². The first-order chi connectivity index (χ1) is 8.56. The minimum absolute atomic E-state index is 0.00213. The van der Waals surface area contributed by atoms with Crippen molar-refractivity contribution in [3.05, 3.63) is 29.6 Å². The van der Waals surface area contributed by atoms with E-state index in [4.69, 9.17) is 5.11 Å². The summed E-state index contributed by atoms with van der Waals surface area (Å²) in [5.41, 5.74) is 0.840. The first kappa shape index (κ1) is 12.9. The number of aromatic carboxylic acids is 1. The van der Waals surface area contributed by atoms with Gasteiger partial charge in [0.25, 0.3) is 0 Å². The standard InChI is InChI=1S/C14H18FNO2/c1-2-5-14(6-7-14)9-16-12-4-3-10(15)8-11(12)13(17)18/h3-4,8,16H,2,5-7,9H2,1H3,(H,17,18). The summed E-state index contributed by atoms with van der Waals surface area (Å²) in [7, 11) is 0. The van der Waals surface area contributed by atoms with Crippen LogP contribution in [0.15, 0.2) is 18.2 Å². The Hall–Kier alpha value is -1.58. The number of halogens is 1. The molecule has 0 saturated heterocycles. The summed E-state index contributed by atoms with van der Waals surface area (Å²) < 4.78 is 13.0. The van der Waals surface area contributed by atoms with Gasteiger partial charge in [-0.1, -0.05) is 13.3 Å². The van der Waals surface area contributed by atoms with Crippen molar-refractivity contribution in [2.24, 2.45) is 5.41 Å². The largest absolute Gasteiger partial charge is 0.478 e. The van der Waals surface area contributed by atoms with Crippen LogP contribution in [-0.4, -0.2) is 17.6 Å². The fourth-order valence-corrected chi connectivity index (χ4v) is 2.35. The molecule has 1 aliphatic rings. The Balaban J connectivity index is 2.07. The lowest BCUT2D eigenvalue weighted by Crippen LogP contribution is -2.17. The SMILES string of the molecule is CCCC1(CNc2ccc(F)cc2C(=O)O)CC1. The van der Waals surface area contributed by atoms with Gasteiger partial charge in [-0.05, 0) is 42.9 Å². The molecule has 0 bridgehead atoms. The molecule has 3 nitrogen and oxygen atoms in total. The van der Waals surface area contributed by atoms with E-state index in [1.807, 2.05) is 0 Å². The highest BCUT2D eigenvalue weighted by molar-refractivity contribution is 5.94. The molecule has 1 aromatic rings. The Kier molecular flexibility index (Phi) is 3.55. The molecule has 0 spiro atoms. The Morgan fingerprint density at radius 2 is 2.22 bits per heavy atom. The molecule has 1 saturated carbocycles. The van der Waals surface area contributed by atoms with E-state index < -0.39 is 11.8 Å². The molecule has 0 atom stereocenters. The van der Waals surface area contributed by atoms with E-state index >= 15 is 0 Å². The third kappa shape index (κ3) is 2.81. The highest BCUT2D eigenvalue weighted by Gasteiger charge is 2.41. The first-order valence-corrected chi connectivity index (χ1v) is 6.33. The summed E-state index contributed by atoms with van der Waals surface area (Å²) in [5.74, 6) is -1.62. The average molecular weight is 251 g/mol. The molecule has 1 aliphatic carbocycles. The average Bonchev–Trinajstić information content (AvgIpc) is 3.08. The van der Waals surface area contributed by atoms with Crippen LogP contribution in [0.25, 0.3) is 0 Å². The van der Waals surface area contributed by atoms with Crippen LogP contribution >= 0.6 is 0 Å². The lowest BCUT2D eigenvalue weighted by atomic mass is 10.0. The van der Waals surface area contributed by atoms with Gasteiger partial charge in [-0.25, -0.2) is 9.18 Å². The Morgan fingerprint density at radius 1 is 1.50 bits per heavy atom. The van der Waals surface area contributed by atoms with Crippen molar-refractivity contribution in [2.75, 3.05) is 11.9 Å². The number of anilines is 1. The number of hydrogen-bond acceptors (Lipinski definition) is 2. The Morgan fingerprint density at radius 3 is 2.78 bits per heavy atom. The number of carboxylic acids is 1. The lowest BCUT2D eigenvalue weighted by molar-refractivity contribution is 0.0697. The van der Waals surface area contributed by atoms with E-state index in [2.05, 4.69) is 12.2 Å². The molecule has 0 heterocycles. The maximum Gasteiger partial charge on any atom is 0.337 e. The smallest absolute Gasteiger partial charge is 0.337 e. The number of rotatable bonds is 6. The number of benzene rings is 1. The van der Waals surface area contributed by atoms with Crippen LogP contribution in [0.5, 0.6) is 0 Å². The molecule has 1 aromatic carbocycles. The Labute approximate surface area is 106 Å². The highest BCUT2D eigenvalue weighted by atomic mass is 19.1. The van der Waals surface area contributed by atoms with Gasteiger partial charge in [0.2, 0.25) is 0 Å². The van der Waals surface area contributed by atoms with Gasteiger partial charge in [0, 0.05) is 12.2 Å². The molecule has 0 aromatic heterocycles. The van der Waals surface area contributed by atoms with Gasteiger partial charge in [-0.15, -0.1) is 0 Å². The molecule has 18 heavy (non-hydrogen) atoms. The summed E-state index contributed by atoms with van der Waals surface area (Å²) in [4.78, 5) is 11.0. The number of hydrogen-bond donors (Lipinski definition) is 2. The van der Waals surface area contributed by atoms with Crippen molar-refractivity contribution in [2.45, 2.75) is 32.6 Å². The summed E-state index contributed by atoms with van der Waals surface area (Å²) in [6, 6.07) is 3.85. The van der Waals surface area contributed by atoms with Crippen LogP contribution < -0.4 is 5.32 Å². The zero-order valence-corrected chi connectivity index (χ0v) is 10.5. The lowest BCUT2D eigenvalue weighted by Gasteiger charge is -2.17. The van der Waals surface area contributed by atoms with Crippen molar-refractivity contribution in [1.29, 1.82) is 0 Å². The second-order valence-electron chi connectivity index (χ2n) is 5.10. The minimum Gasteiger partial charge on any atom is -0.478 e. The quantitative estimate of drug-likeness (QED) is 0.813. The van der Waals surface area contributed by atoms with Crippen LogP contribution in [0.4, 0.5) is 10.1 Å². The molecule has 2 rings (SSSR count). The summed E-state index contributed by atoms with van der Waals surface area (Å²) in [6.45, 7) is 2.92. The molecule has 2 N–H and O–H groups in total. The molecule has 0 unspecified atom stereocenters. The molecule has 0 radical (unpaired) electrons. The van der Waals surface area contributed by atoms with Gasteiger partial charge in [-0.2, -0.15) is 0 Å². The fourth-order valence-electron chi connectivity index (χ4n) is 2.35. The van der Waals surface area contributed by atoms with Crippen LogP contribution in [0, 0.1) is 11.2 Å². The third-order valence-corrected chi connectivity index (χ3v) is 3.60. The predicted octanol–water partition coefficient (Wildman–Crippen LogP) is 3.52. The van der Waals surface area contributed by atoms with Gasteiger partial charge in [0.1, 0.15) is 5.82 Å². The van der Waals surface area contributed by atoms with Crippen LogP contribution in [0.3, 0.4) is 0 Å². The molecular weight excluding hydrogens is 233 g/mol. The summed E-state index contributed by atoms with van der Waals surface area (Å²) >= 11 is 0. The van der Waals surface area contributed by atoms with E-state index in [9.17, 15) is 9.18 Å². The highest BCUT2D eigenvalue weighted by Crippen LogP contribution is 2.49. The van der Waals surface area contributed by atoms with Crippen LogP contribution in [0.2, 0.25) is 0 Å². The van der Waals surface area contributed by atoms with Gasteiger partial charge in [-0.3, -0.25) is 0 Å². The van der Waals surface area contributed by atoms with Gasteiger partial charge >= 0.3 is 5.97 Å². The summed E-state index contributed by atoms with van der Waals surface area (Å²) in [5, 5.41) is 12.2. The molecule has 98 valence electrons. The molecule has 0 aliphatic heterocycles. The Bertz CT molecular complexity index is 455. The number of carboxylic acid groups (broad SMARTS) is 1. The van der Waals surface area contributed by atoms with Crippen molar-refractivity contribution in [3.8, 4) is 0 Å². The molecule has 1 fully saturated rings. The van der Waals surface area contributed by atoms with Crippen molar-refractivity contribution >= 4 is 11.7 Å². The zero-order valence-electron chi connectivity index (χ0n) is 10.5. The maximum absolute atomic E-state index is 13.0. The minimum atomic E-state index is -1.10. The van der Waals surface area contributed by atoms with Crippen molar-refractivity contribution in [3.63, 3.8) is 0 Å². The van der Waals surface area contributed by atoms with E-state index in [1.54, 1.807) is 0 Å².